The molecule has 1 aromatic carbocycles. The number of nitrogens with one attached hydrogen (secondary N) is 1. The van der Waals surface area contributed by atoms with Crippen molar-refractivity contribution < 1.29 is 4.74 Å². The Kier molecular flexibility index (Phi) is 3.60. The highest BCUT2D eigenvalue weighted by Crippen LogP contribution is 2.39. The fourth-order valence-electron chi connectivity index (χ4n) is 5.15. The van der Waals surface area contributed by atoms with Crippen molar-refractivity contribution in [3.8, 4) is 0 Å². The van der Waals surface area contributed by atoms with E-state index in [0.29, 0.717) is 12.1 Å². The third kappa shape index (κ3) is 2.58. The summed E-state index contributed by atoms with van der Waals surface area (Å²) in [7, 11) is 0. The molecule has 2 aliphatic carbocycles. The summed E-state index contributed by atoms with van der Waals surface area (Å²) in [5, 5.41) is 3.93. The van der Waals surface area contributed by atoms with E-state index in [-0.39, 0.29) is 0 Å². The number of aryl methyl sites for hydroxylation is 2. The largest absolute Gasteiger partial charge is 0.378 e. The molecule has 1 aromatic rings. The quantitative estimate of drug-likeness (QED) is 0.929. The summed E-state index contributed by atoms with van der Waals surface area (Å²) in [6.45, 7) is 3.39. The standard InChI is InChI=1S/C20H28N2O/c1-2-14-4-5-17(12-15(14)3-1)22-9-6-16(7-10-22)21-19-13-20-18(19)8-11-23-20/h4-5,12,16,18-21H,1-3,6-11,13H2/t18-,19+,20+/m0/s1. The SMILES string of the molecule is c1cc2c(cc1N1CCC(N[C@@H]3C[C@H]4OCC[C@@H]34)CC1)CCC2. The van der Waals surface area contributed by atoms with E-state index in [0.717, 1.165) is 18.6 Å². The van der Waals surface area contributed by atoms with E-state index >= 15 is 0 Å². The van der Waals surface area contributed by atoms with Gasteiger partial charge in [-0.15, -0.1) is 0 Å². The van der Waals surface area contributed by atoms with E-state index in [1.165, 1.54) is 63.7 Å². The number of fused-ring (bicyclic) bond motifs is 2. The molecule has 0 aromatic heterocycles. The van der Waals surface area contributed by atoms with Crippen LogP contribution >= 0.6 is 0 Å². The molecule has 3 heteroatoms. The lowest BCUT2D eigenvalue weighted by atomic mass is 9.75. The van der Waals surface area contributed by atoms with Crippen LogP contribution in [0.25, 0.3) is 0 Å². The minimum absolute atomic E-state index is 0.582. The van der Waals surface area contributed by atoms with Crippen LogP contribution in [0.5, 0.6) is 0 Å². The molecule has 1 saturated carbocycles. The van der Waals surface area contributed by atoms with Crippen LogP contribution in [0.4, 0.5) is 5.69 Å². The van der Waals surface area contributed by atoms with Gasteiger partial charge in [0.2, 0.25) is 0 Å². The molecular formula is C20H28N2O. The third-order valence-electron chi connectivity index (χ3n) is 6.66. The molecule has 3 fully saturated rings. The monoisotopic (exact) mass is 312 g/mol. The Hall–Kier alpha value is -1.06. The third-order valence-corrected chi connectivity index (χ3v) is 6.66. The fourth-order valence-corrected chi connectivity index (χ4v) is 5.15. The molecule has 5 rings (SSSR count). The van der Waals surface area contributed by atoms with Crippen LogP contribution in [-0.2, 0) is 17.6 Å². The minimum Gasteiger partial charge on any atom is -0.378 e. The van der Waals surface area contributed by atoms with E-state index in [1.807, 2.05) is 0 Å². The predicted octanol–water partition coefficient (Wildman–Crippen LogP) is 2.91. The summed E-state index contributed by atoms with van der Waals surface area (Å²) in [6, 6.07) is 8.63. The van der Waals surface area contributed by atoms with Crippen LogP contribution in [0, 0.1) is 5.92 Å². The van der Waals surface area contributed by atoms with E-state index < -0.39 is 0 Å². The van der Waals surface area contributed by atoms with Gasteiger partial charge in [-0.3, -0.25) is 0 Å². The van der Waals surface area contributed by atoms with Gasteiger partial charge in [0.1, 0.15) is 0 Å². The number of hydrogen-bond donors (Lipinski definition) is 1. The van der Waals surface area contributed by atoms with Crippen molar-refractivity contribution >= 4 is 5.69 Å². The van der Waals surface area contributed by atoms with Gasteiger partial charge in [0.15, 0.2) is 0 Å². The van der Waals surface area contributed by atoms with Gasteiger partial charge in [-0.25, -0.2) is 0 Å². The summed E-state index contributed by atoms with van der Waals surface area (Å²) in [6.07, 6.45) is 9.59. The van der Waals surface area contributed by atoms with Gasteiger partial charge >= 0.3 is 0 Å². The first-order valence-corrected chi connectivity index (χ1v) is 9.61. The summed E-state index contributed by atoms with van der Waals surface area (Å²) >= 11 is 0. The molecule has 0 spiro atoms. The molecular weight excluding hydrogens is 284 g/mol. The highest BCUT2D eigenvalue weighted by atomic mass is 16.5. The van der Waals surface area contributed by atoms with E-state index in [9.17, 15) is 0 Å². The maximum atomic E-state index is 5.73. The first-order chi connectivity index (χ1) is 11.4. The van der Waals surface area contributed by atoms with Crippen molar-refractivity contribution in [2.24, 2.45) is 5.92 Å². The number of anilines is 1. The van der Waals surface area contributed by atoms with Gasteiger partial charge in [-0.2, -0.15) is 0 Å². The summed E-state index contributed by atoms with van der Waals surface area (Å²) in [5.74, 6) is 0.810. The number of ether oxygens (including phenoxy) is 1. The van der Waals surface area contributed by atoms with Crippen molar-refractivity contribution in [3.63, 3.8) is 0 Å². The van der Waals surface area contributed by atoms with Crippen LogP contribution in [0.2, 0.25) is 0 Å². The number of benzene rings is 1. The average molecular weight is 312 g/mol. The van der Waals surface area contributed by atoms with Gasteiger partial charge in [0, 0.05) is 43.4 Å². The second-order valence-corrected chi connectivity index (χ2v) is 7.94. The minimum atomic E-state index is 0.582. The molecule has 1 N–H and O–H groups in total. The summed E-state index contributed by atoms with van der Waals surface area (Å²) < 4.78 is 5.73. The van der Waals surface area contributed by atoms with Crippen molar-refractivity contribution in [1.82, 2.24) is 5.32 Å². The molecule has 2 saturated heterocycles. The molecule has 0 unspecified atom stereocenters. The maximum Gasteiger partial charge on any atom is 0.0633 e. The van der Waals surface area contributed by atoms with Crippen LogP contribution in [0.1, 0.15) is 43.2 Å². The van der Waals surface area contributed by atoms with Crippen molar-refractivity contribution in [2.75, 3.05) is 24.6 Å². The molecule has 2 aliphatic heterocycles. The van der Waals surface area contributed by atoms with E-state index in [1.54, 1.807) is 11.1 Å². The van der Waals surface area contributed by atoms with E-state index in [2.05, 4.69) is 28.4 Å². The highest BCUT2D eigenvalue weighted by molar-refractivity contribution is 5.52. The Bertz CT molecular complexity index is 579. The zero-order chi connectivity index (χ0) is 15.2. The highest BCUT2D eigenvalue weighted by Gasteiger charge is 2.45. The number of rotatable bonds is 3. The second-order valence-electron chi connectivity index (χ2n) is 7.94. The van der Waals surface area contributed by atoms with E-state index in [4.69, 9.17) is 4.74 Å². The first-order valence-electron chi connectivity index (χ1n) is 9.61. The van der Waals surface area contributed by atoms with Gasteiger partial charge < -0.3 is 15.0 Å². The zero-order valence-electron chi connectivity index (χ0n) is 14.0. The molecule has 0 bridgehead atoms. The number of hydrogen-bond acceptors (Lipinski definition) is 3. The maximum absolute atomic E-state index is 5.73. The summed E-state index contributed by atoms with van der Waals surface area (Å²) in [5.41, 5.74) is 4.64. The van der Waals surface area contributed by atoms with Crippen LogP contribution in [0.3, 0.4) is 0 Å². The molecule has 4 aliphatic rings. The van der Waals surface area contributed by atoms with Gasteiger partial charge in [0.05, 0.1) is 6.10 Å². The van der Waals surface area contributed by atoms with Gasteiger partial charge in [0.25, 0.3) is 0 Å². The van der Waals surface area contributed by atoms with Gasteiger partial charge in [-0.1, -0.05) is 6.07 Å². The lowest BCUT2D eigenvalue weighted by Crippen LogP contribution is -2.56. The van der Waals surface area contributed by atoms with Crippen molar-refractivity contribution in [2.45, 2.75) is 63.1 Å². The molecule has 3 nitrogen and oxygen atoms in total. The number of nitrogens with zero attached hydrogens (tertiary/aromatic N) is 1. The zero-order valence-corrected chi connectivity index (χ0v) is 14.0. The van der Waals surface area contributed by atoms with Crippen LogP contribution < -0.4 is 10.2 Å². The molecule has 0 amide bonds. The first kappa shape index (κ1) is 14.3. The molecule has 124 valence electrons. The van der Waals surface area contributed by atoms with Crippen LogP contribution in [-0.4, -0.2) is 37.9 Å². The molecule has 3 atom stereocenters. The number of piperidine rings is 1. The lowest BCUT2D eigenvalue weighted by Gasteiger charge is -2.43. The molecule has 23 heavy (non-hydrogen) atoms. The van der Waals surface area contributed by atoms with Crippen LogP contribution in [0.15, 0.2) is 18.2 Å². The Labute approximate surface area is 139 Å². The molecule has 0 radical (unpaired) electrons. The van der Waals surface area contributed by atoms with Crippen molar-refractivity contribution in [1.29, 1.82) is 0 Å². The predicted molar refractivity (Wildman–Crippen MR) is 93.1 cm³/mol. The Balaban J connectivity index is 1.16. The summed E-state index contributed by atoms with van der Waals surface area (Å²) in [4.78, 5) is 2.60. The Morgan fingerprint density at radius 1 is 1.04 bits per heavy atom. The Morgan fingerprint density at radius 3 is 2.78 bits per heavy atom. The normalized spacial score (nSPS) is 33.4. The lowest BCUT2D eigenvalue weighted by molar-refractivity contribution is 0.00282. The van der Waals surface area contributed by atoms with Crippen molar-refractivity contribution in [3.05, 3.63) is 29.3 Å². The fraction of sp³-hybridized carbons (Fsp3) is 0.700. The second kappa shape index (κ2) is 5.78. The Morgan fingerprint density at radius 2 is 1.91 bits per heavy atom. The smallest absolute Gasteiger partial charge is 0.0633 e. The topological polar surface area (TPSA) is 24.5 Å². The molecule has 2 heterocycles. The average Bonchev–Trinajstić information content (AvgIpc) is 3.18. The van der Waals surface area contributed by atoms with Gasteiger partial charge in [-0.05, 0) is 68.2 Å².